The summed E-state index contributed by atoms with van der Waals surface area (Å²) in [6.45, 7) is 3.70. The first-order valence-corrected chi connectivity index (χ1v) is 5.96. The summed E-state index contributed by atoms with van der Waals surface area (Å²) in [5.74, 6) is 0.340. The molecule has 18 heavy (non-hydrogen) atoms. The molecule has 0 unspecified atom stereocenters. The molecule has 0 aliphatic rings. The first-order valence-electron chi connectivity index (χ1n) is 5.58. The van der Waals surface area contributed by atoms with E-state index in [1.165, 1.54) is 0 Å². The van der Waals surface area contributed by atoms with E-state index in [2.05, 4.69) is 10.3 Å². The molecule has 0 atom stereocenters. The number of halogens is 1. The van der Waals surface area contributed by atoms with Gasteiger partial charge in [0, 0.05) is 16.3 Å². The Morgan fingerprint density at radius 3 is 2.61 bits per heavy atom. The first kappa shape index (κ1) is 12.6. The summed E-state index contributed by atoms with van der Waals surface area (Å²) < 4.78 is 0. The average molecular weight is 261 g/mol. The Bertz CT molecular complexity index is 596. The molecule has 0 radical (unpaired) electrons. The predicted molar refractivity (Wildman–Crippen MR) is 73.1 cm³/mol. The molecule has 92 valence electrons. The fraction of sp³-hybridized carbons (Fsp3) is 0.143. The molecule has 2 rings (SSSR count). The molecule has 1 N–H and O–H groups in total. The zero-order valence-electron chi connectivity index (χ0n) is 10.2. The number of carbonyl (C=O) groups excluding carboxylic acids is 1. The Hall–Kier alpha value is -1.87. The topological polar surface area (TPSA) is 42.0 Å². The highest BCUT2D eigenvalue weighted by Crippen LogP contribution is 2.19. The summed E-state index contributed by atoms with van der Waals surface area (Å²) in [5, 5.41) is 3.34. The van der Waals surface area contributed by atoms with Crippen molar-refractivity contribution in [1.29, 1.82) is 0 Å². The third kappa shape index (κ3) is 2.68. The van der Waals surface area contributed by atoms with E-state index < -0.39 is 0 Å². The van der Waals surface area contributed by atoms with Gasteiger partial charge in [0.05, 0.1) is 0 Å². The highest BCUT2D eigenvalue weighted by atomic mass is 35.5. The van der Waals surface area contributed by atoms with E-state index in [0.29, 0.717) is 16.4 Å². The van der Waals surface area contributed by atoms with Crippen LogP contribution in [0.15, 0.2) is 36.4 Å². The number of aromatic nitrogens is 1. The maximum Gasteiger partial charge on any atom is 0.257 e. The van der Waals surface area contributed by atoms with Gasteiger partial charge in [-0.1, -0.05) is 23.7 Å². The molecule has 1 amide bonds. The molecule has 1 aromatic carbocycles. The molecule has 0 spiro atoms. The van der Waals surface area contributed by atoms with Crippen molar-refractivity contribution in [1.82, 2.24) is 4.98 Å². The lowest BCUT2D eigenvalue weighted by atomic mass is 10.1. The summed E-state index contributed by atoms with van der Waals surface area (Å²) in [6.07, 6.45) is 0. The van der Waals surface area contributed by atoms with Crippen LogP contribution in [-0.2, 0) is 0 Å². The summed E-state index contributed by atoms with van der Waals surface area (Å²) in [4.78, 5) is 16.3. The van der Waals surface area contributed by atoms with Crippen LogP contribution in [0.5, 0.6) is 0 Å². The van der Waals surface area contributed by atoms with Gasteiger partial charge >= 0.3 is 0 Å². The number of benzene rings is 1. The number of hydrogen-bond donors (Lipinski definition) is 1. The zero-order chi connectivity index (χ0) is 13.1. The molecular weight excluding hydrogens is 248 g/mol. The molecule has 1 aromatic heterocycles. The van der Waals surface area contributed by atoms with Crippen LogP contribution in [0, 0.1) is 13.8 Å². The van der Waals surface area contributed by atoms with Crippen molar-refractivity contribution < 1.29 is 4.79 Å². The molecule has 0 saturated heterocycles. The molecule has 1 heterocycles. The molecule has 2 aromatic rings. The average Bonchev–Trinajstić information content (AvgIpc) is 2.32. The Labute approximate surface area is 111 Å². The van der Waals surface area contributed by atoms with E-state index in [-0.39, 0.29) is 5.91 Å². The summed E-state index contributed by atoms with van der Waals surface area (Å²) >= 11 is 5.99. The van der Waals surface area contributed by atoms with Crippen LogP contribution >= 0.6 is 11.6 Å². The van der Waals surface area contributed by atoms with E-state index >= 15 is 0 Å². The Balaban J connectivity index is 2.25. The first-order chi connectivity index (χ1) is 8.58. The van der Waals surface area contributed by atoms with E-state index in [4.69, 9.17) is 11.6 Å². The fourth-order valence-electron chi connectivity index (χ4n) is 1.65. The number of hydrogen-bond acceptors (Lipinski definition) is 2. The van der Waals surface area contributed by atoms with Crippen LogP contribution in [0.3, 0.4) is 0 Å². The van der Waals surface area contributed by atoms with E-state index in [1.807, 2.05) is 26.0 Å². The second-order valence-electron chi connectivity index (χ2n) is 4.03. The number of nitrogens with zero attached hydrogens (tertiary/aromatic N) is 1. The summed E-state index contributed by atoms with van der Waals surface area (Å²) in [6, 6.07) is 10.7. The van der Waals surface area contributed by atoms with Crippen LogP contribution in [-0.4, -0.2) is 10.9 Å². The quantitative estimate of drug-likeness (QED) is 0.896. The van der Waals surface area contributed by atoms with Crippen molar-refractivity contribution in [2.75, 3.05) is 5.32 Å². The molecular formula is C14H13ClN2O. The molecule has 0 aliphatic carbocycles. The number of amides is 1. The van der Waals surface area contributed by atoms with Gasteiger partial charge in [-0.25, -0.2) is 4.98 Å². The Morgan fingerprint density at radius 2 is 1.89 bits per heavy atom. The van der Waals surface area contributed by atoms with Crippen molar-refractivity contribution in [2.24, 2.45) is 0 Å². The van der Waals surface area contributed by atoms with Crippen LogP contribution in [0.4, 0.5) is 5.82 Å². The predicted octanol–water partition coefficient (Wildman–Crippen LogP) is 3.60. The normalized spacial score (nSPS) is 10.2. The Morgan fingerprint density at radius 1 is 1.17 bits per heavy atom. The molecule has 0 fully saturated rings. The maximum absolute atomic E-state index is 12.1. The van der Waals surface area contributed by atoms with Crippen LogP contribution in [0.2, 0.25) is 5.02 Å². The van der Waals surface area contributed by atoms with Gasteiger partial charge in [-0.2, -0.15) is 0 Å². The minimum absolute atomic E-state index is 0.201. The zero-order valence-corrected chi connectivity index (χ0v) is 11.0. The summed E-state index contributed by atoms with van der Waals surface area (Å²) in [7, 11) is 0. The lowest BCUT2D eigenvalue weighted by Crippen LogP contribution is -2.14. The van der Waals surface area contributed by atoms with E-state index in [9.17, 15) is 4.79 Å². The molecule has 4 heteroatoms. The third-order valence-electron chi connectivity index (χ3n) is 2.64. The van der Waals surface area contributed by atoms with E-state index in [1.54, 1.807) is 24.3 Å². The number of aryl methyl sites for hydroxylation is 1. The second-order valence-corrected chi connectivity index (χ2v) is 4.44. The number of carbonyl (C=O) groups is 1. The molecule has 3 nitrogen and oxygen atoms in total. The van der Waals surface area contributed by atoms with Crippen molar-refractivity contribution in [2.45, 2.75) is 13.8 Å². The van der Waals surface area contributed by atoms with Gasteiger partial charge < -0.3 is 5.32 Å². The number of rotatable bonds is 2. The number of pyridine rings is 1. The third-order valence-corrected chi connectivity index (χ3v) is 3.05. The lowest BCUT2D eigenvalue weighted by molar-refractivity contribution is 0.102. The van der Waals surface area contributed by atoms with Gasteiger partial charge in [-0.05, 0) is 43.7 Å². The van der Waals surface area contributed by atoms with Crippen molar-refractivity contribution in [3.8, 4) is 0 Å². The van der Waals surface area contributed by atoms with Crippen LogP contribution in [0.25, 0.3) is 0 Å². The number of nitrogens with one attached hydrogen (secondary N) is 1. The van der Waals surface area contributed by atoms with Crippen LogP contribution < -0.4 is 5.32 Å². The highest BCUT2D eigenvalue weighted by molar-refractivity contribution is 6.32. The van der Waals surface area contributed by atoms with Gasteiger partial charge in [0.2, 0.25) is 0 Å². The fourth-order valence-corrected chi connectivity index (χ4v) is 1.82. The lowest BCUT2D eigenvalue weighted by Gasteiger charge is -2.08. The van der Waals surface area contributed by atoms with Crippen molar-refractivity contribution >= 4 is 23.3 Å². The molecule has 0 saturated carbocycles. The van der Waals surface area contributed by atoms with Crippen molar-refractivity contribution in [3.63, 3.8) is 0 Å². The van der Waals surface area contributed by atoms with Gasteiger partial charge in [-0.15, -0.1) is 0 Å². The van der Waals surface area contributed by atoms with Gasteiger partial charge in [0.15, 0.2) is 0 Å². The number of anilines is 1. The monoisotopic (exact) mass is 260 g/mol. The van der Waals surface area contributed by atoms with Gasteiger partial charge in [-0.3, -0.25) is 4.79 Å². The van der Waals surface area contributed by atoms with Crippen molar-refractivity contribution in [3.05, 3.63) is 58.2 Å². The molecule has 0 bridgehead atoms. The largest absolute Gasteiger partial charge is 0.307 e. The SMILES string of the molecule is Cc1cccc(NC(=O)c2cccc(Cl)c2C)n1. The summed E-state index contributed by atoms with van der Waals surface area (Å²) in [5.41, 5.74) is 2.19. The Kier molecular flexibility index (Phi) is 3.63. The minimum Gasteiger partial charge on any atom is -0.307 e. The van der Waals surface area contributed by atoms with Gasteiger partial charge in [0.25, 0.3) is 5.91 Å². The van der Waals surface area contributed by atoms with Crippen LogP contribution in [0.1, 0.15) is 21.6 Å². The second kappa shape index (κ2) is 5.19. The van der Waals surface area contributed by atoms with Gasteiger partial charge in [0.1, 0.15) is 5.82 Å². The minimum atomic E-state index is -0.201. The maximum atomic E-state index is 12.1. The molecule has 0 aliphatic heterocycles. The standard InChI is InChI=1S/C14H13ClN2O/c1-9-5-3-8-13(16-9)17-14(18)11-6-4-7-12(15)10(11)2/h3-8H,1-2H3,(H,16,17,18). The highest BCUT2D eigenvalue weighted by Gasteiger charge is 2.11. The van der Waals surface area contributed by atoms with E-state index in [0.717, 1.165) is 11.3 Å². The smallest absolute Gasteiger partial charge is 0.257 e.